The molecule has 0 radical (unpaired) electrons. The molecule has 1 aromatic carbocycles. The van der Waals surface area contributed by atoms with Crippen LogP contribution < -0.4 is 0 Å². The van der Waals surface area contributed by atoms with Crippen LogP contribution in [0.25, 0.3) is 11.3 Å². The molecule has 2 rings (SSSR count). The van der Waals surface area contributed by atoms with Gasteiger partial charge in [0, 0.05) is 12.6 Å². The third kappa shape index (κ3) is 2.52. The Kier molecular flexibility index (Phi) is 3.18. The molecule has 0 atom stereocenters. The van der Waals surface area contributed by atoms with Crippen molar-refractivity contribution in [2.75, 3.05) is 0 Å². The lowest BCUT2D eigenvalue weighted by Crippen LogP contribution is -2.10. The molecule has 0 aliphatic rings. The number of nitrogens with zero attached hydrogens (tertiary/aromatic N) is 2. The van der Waals surface area contributed by atoms with Gasteiger partial charge in [0.15, 0.2) is 5.69 Å². The number of hydrogen-bond acceptors (Lipinski definition) is 2. The van der Waals surface area contributed by atoms with Crippen LogP contribution in [0.5, 0.6) is 0 Å². The maximum atomic E-state index is 11.2. The van der Waals surface area contributed by atoms with Gasteiger partial charge in [-0.3, -0.25) is 0 Å². The average molecular weight is 258 g/mol. The predicted octanol–water partition coefficient (Wildman–Crippen LogP) is 3.08. The van der Waals surface area contributed by atoms with Gasteiger partial charge in [0.2, 0.25) is 0 Å². The number of aromatic carboxylic acids is 1. The Morgan fingerprint density at radius 3 is 2.26 bits per heavy atom. The summed E-state index contributed by atoms with van der Waals surface area (Å²) in [5, 5.41) is 9.15. The van der Waals surface area contributed by atoms with Gasteiger partial charge in [0.25, 0.3) is 0 Å². The molecule has 4 nitrogen and oxygen atoms in total. The van der Waals surface area contributed by atoms with Gasteiger partial charge >= 0.3 is 5.97 Å². The largest absolute Gasteiger partial charge is 0.476 e. The maximum absolute atomic E-state index is 11.2. The highest BCUT2D eigenvalue weighted by Gasteiger charge is 2.18. The van der Waals surface area contributed by atoms with Gasteiger partial charge in [-0.1, -0.05) is 45.0 Å². The molecular weight excluding hydrogens is 240 g/mol. The lowest BCUT2D eigenvalue weighted by molar-refractivity contribution is 0.0692. The number of carboxylic acid groups (broad SMARTS) is 1. The lowest BCUT2D eigenvalue weighted by Gasteiger charge is -2.19. The Hall–Kier alpha value is -2.10. The molecule has 0 amide bonds. The van der Waals surface area contributed by atoms with E-state index in [2.05, 4.69) is 25.8 Å². The number of imidazole rings is 1. The highest BCUT2D eigenvalue weighted by Crippen LogP contribution is 2.27. The van der Waals surface area contributed by atoms with E-state index in [1.54, 1.807) is 11.6 Å². The Morgan fingerprint density at radius 2 is 1.79 bits per heavy atom. The molecule has 19 heavy (non-hydrogen) atoms. The second-order valence-corrected chi connectivity index (χ2v) is 5.69. The SMILES string of the molecule is Cn1cnc(C(=O)O)c1-c1ccc(C(C)(C)C)cc1. The molecule has 4 heteroatoms. The van der Waals surface area contributed by atoms with E-state index in [1.807, 2.05) is 24.3 Å². The van der Waals surface area contributed by atoms with E-state index in [4.69, 9.17) is 5.11 Å². The van der Waals surface area contributed by atoms with Crippen LogP contribution in [0.3, 0.4) is 0 Å². The molecule has 0 saturated carbocycles. The predicted molar refractivity (Wildman–Crippen MR) is 74.3 cm³/mol. The third-order valence-corrected chi connectivity index (χ3v) is 3.16. The minimum atomic E-state index is -1.00. The molecule has 0 saturated heterocycles. The Labute approximate surface area is 112 Å². The quantitative estimate of drug-likeness (QED) is 0.900. The summed E-state index contributed by atoms with van der Waals surface area (Å²) >= 11 is 0. The summed E-state index contributed by atoms with van der Waals surface area (Å²) in [5.74, 6) is -1.00. The molecule has 0 spiro atoms. The summed E-state index contributed by atoms with van der Waals surface area (Å²) in [5.41, 5.74) is 2.89. The summed E-state index contributed by atoms with van der Waals surface area (Å²) in [6.45, 7) is 6.44. The summed E-state index contributed by atoms with van der Waals surface area (Å²) in [4.78, 5) is 15.1. The Bertz CT molecular complexity index is 604. The molecule has 1 heterocycles. The Balaban J connectivity index is 2.49. The molecule has 0 aliphatic carbocycles. The van der Waals surface area contributed by atoms with Crippen LogP contribution in [-0.2, 0) is 12.5 Å². The molecule has 0 unspecified atom stereocenters. The number of aryl methyl sites for hydroxylation is 1. The molecule has 1 aromatic heterocycles. The second kappa shape index (κ2) is 4.53. The van der Waals surface area contributed by atoms with Crippen molar-refractivity contribution < 1.29 is 9.90 Å². The standard InChI is InChI=1S/C15H18N2O2/c1-15(2,3)11-7-5-10(6-8-11)13-12(14(18)19)16-9-17(13)4/h5-9H,1-4H3,(H,18,19). The minimum absolute atomic E-state index is 0.0839. The van der Waals surface area contributed by atoms with E-state index < -0.39 is 5.97 Å². The smallest absolute Gasteiger partial charge is 0.356 e. The van der Waals surface area contributed by atoms with Crippen molar-refractivity contribution >= 4 is 5.97 Å². The monoisotopic (exact) mass is 258 g/mol. The molecule has 0 bridgehead atoms. The first kappa shape index (κ1) is 13.3. The van der Waals surface area contributed by atoms with E-state index in [1.165, 1.54) is 11.9 Å². The zero-order valence-electron chi connectivity index (χ0n) is 11.6. The fourth-order valence-electron chi connectivity index (χ4n) is 2.06. The number of hydrogen-bond donors (Lipinski definition) is 1. The highest BCUT2D eigenvalue weighted by molar-refractivity contribution is 5.92. The van der Waals surface area contributed by atoms with Gasteiger partial charge in [-0.05, 0) is 11.0 Å². The first-order valence-corrected chi connectivity index (χ1v) is 6.16. The van der Waals surface area contributed by atoms with Crippen LogP contribution in [0, 0.1) is 0 Å². The Morgan fingerprint density at radius 1 is 1.21 bits per heavy atom. The third-order valence-electron chi connectivity index (χ3n) is 3.16. The first-order valence-electron chi connectivity index (χ1n) is 6.16. The van der Waals surface area contributed by atoms with Crippen molar-refractivity contribution in [3.63, 3.8) is 0 Å². The van der Waals surface area contributed by atoms with Crippen LogP contribution >= 0.6 is 0 Å². The van der Waals surface area contributed by atoms with Crippen molar-refractivity contribution in [1.29, 1.82) is 0 Å². The lowest BCUT2D eigenvalue weighted by atomic mass is 9.86. The minimum Gasteiger partial charge on any atom is -0.476 e. The topological polar surface area (TPSA) is 55.1 Å². The molecular formula is C15H18N2O2. The molecule has 0 aliphatic heterocycles. The van der Waals surface area contributed by atoms with Gasteiger partial charge in [0.1, 0.15) is 0 Å². The highest BCUT2D eigenvalue weighted by atomic mass is 16.4. The number of benzene rings is 1. The van der Waals surface area contributed by atoms with Crippen LogP contribution in [0.1, 0.15) is 36.8 Å². The molecule has 0 fully saturated rings. The van der Waals surface area contributed by atoms with Gasteiger partial charge in [-0.2, -0.15) is 0 Å². The number of carbonyl (C=O) groups is 1. The number of rotatable bonds is 2. The van der Waals surface area contributed by atoms with Crippen molar-refractivity contribution in [3.8, 4) is 11.3 Å². The zero-order chi connectivity index (χ0) is 14.2. The number of carboxylic acids is 1. The van der Waals surface area contributed by atoms with E-state index in [0.717, 1.165) is 5.56 Å². The summed E-state index contributed by atoms with van der Waals surface area (Å²) < 4.78 is 1.73. The van der Waals surface area contributed by atoms with Gasteiger partial charge in [-0.25, -0.2) is 9.78 Å². The second-order valence-electron chi connectivity index (χ2n) is 5.69. The molecule has 1 N–H and O–H groups in total. The molecule has 2 aromatic rings. The van der Waals surface area contributed by atoms with Crippen LogP contribution in [-0.4, -0.2) is 20.6 Å². The summed E-state index contributed by atoms with van der Waals surface area (Å²) in [6.07, 6.45) is 1.52. The first-order chi connectivity index (χ1) is 8.80. The van der Waals surface area contributed by atoms with Crippen molar-refractivity contribution in [2.45, 2.75) is 26.2 Å². The van der Waals surface area contributed by atoms with Gasteiger partial charge < -0.3 is 9.67 Å². The summed E-state index contributed by atoms with van der Waals surface area (Å²) in [6, 6.07) is 7.97. The molecule has 100 valence electrons. The van der Waals surface area contributed by atoms with E-state index in [9.17, 15) is 4.79 Å². The number of aromatic nitrogens is 2. The van der Waals surface area contributed by atoms with E-state index in [-0.39, 0.29) is 11.1 Å². The fraction of sp³-hybridized carbons (Fsp3) is 0.333. The van der Waals surface area contributed by atoms with Crippen LogP contribution in [0.15, 0.2) is 30.6 Å². The average Bonchev–Trinajstić information content (AvgIpc) is 2.70. The summed E-state index contributed by atoms with van der Waals surface area (Å²) in [7, 11) is 1.80. The van der Waals surface area contributed by atoms with Crippen LogP contribution in [0.2, 0.25) is 0 Å². The van der Waals surface area contributed by atoms with Crippen molar-refractivity contribution in [2.24, 2.45) is 7.05 Å². The van der Waals surface area contributed by atoms with Crippen LogP contribution in [0.4, 0.5) is 0 Å². The van der Waals surface area contributed by atoms with Crippen molar-refractivity contribution in [1.82, 2.24) is 9.55 Å². The zero-order valence-corrected chi connectivity index (χ0v) is 11.6. The van der Waals surface area contributed by atoms with Gasteiger partial charge in [-0.15, -0.1) is 0 Å². The van der Waals surface area contributed by atoms with Crippen molar-refractivity contribution in [3.05, 3.63) is 41.9 Å². The van der Waals surface area contributed by atoms with Gasteiger partial charge in [0.05, 0.1) is 12.0 Å². The van der Waals surface area contributed by atoms with E-state index in [0.29, 0.717) is 5.69 Å². The maximum Gasteiger partial charge on any atom is 0.356 e. The fourth-order valence-corrected chi connectivity index (χ4v) is 2.06. The van der Waals surface area contributed by atoms with E-state index >= 15 is 0 Å². The normalized spacial score (nSPS) is 11.6.